The molecular weight excluding hydrogens is 280 g/mol. The van der Waals surface area contributed by atoms with Crippen LogP contribution in [0.5, 0.6) is 0 Å². The van der Waals surface area contributed by atoms with Gasteiger partial charge >= 0.3 is 17.1 Å². The molecule has 3 nitrogen and oxygen atoms in total. The first kappa shape index (κ1) is 17.6. The van der Waals surface area contributed by atoms with Gasteiger partial charge in [-0.15, -0.1) is 0 Å². The van der Waals surface area contributed by atoms with Gasteiger partial charge in [0.25, 0.3) is 0 Å². The van der Waals surface area contributed by atoms with E-state index < -0.39 is 0 Å². The first-order valence-electron chi connectivity index (χ1n) is 5.97. The topological polar surface area (TPSA) is 52.3 Å². The summed E-state index contributed by atoms with van der Waals surface area (Å²) in [5.74, 6) is -0.334. The van der Waals surface area contributed by atoms with Crippen LogP contribution in [0.1, 0.15) is 6.42 Å². The molecule has 0 saturated heterocycles. The quantitative estimate of drug-likeness (QED) is 0.521. The predicted octanol–water partition coefficient (Wildman–Crippen LogP) is 1.37. The van der Waals surface area contributed by atoms with Gasteiger partial charge in [-0.3, -0.25) is 0 Å². The molecule has 0 amide bonds. The predicted molar refractivity (Wildman–Crippen MR) is 73.6 cm³/mol. The van der Waals surface area contributed by atoms with Crippen molar-refractivity contribution in [2.45, 2.75) is 6.42 Å². The summed E-state index contributed by atoms with van der Waals surface area (Å²) < 4.78 is 0. The molecule has 2 N–H and O–H groups in total. The zero-order valence-corrected chi connectivity index (χ0v) is 12.4. The number of allylic oxidation sites excluding steroid dienone is 4. The second-order valence-corrected chi connectivity index (χ2v) is 4.34. The van der Waals surface area contributed by atoms with Gasteiger partial charge in [0.05, 0.1) is 0 Å². The van der Waals surface area contributed by atoms with Gasteiger partial charge in [-0.1, -0.05) is 18.2 Å². The first-order chi connectivity index (χ1) is 8.61. The van der Waals surface area contributed by atoms with E-state index in [0.29, 0.717) is 5.57 Å². The average molecular weight is 300 g/mol. The van der Waals surface area contributed by atoms with Crippen LogP contribution in [-0.4, -0.2) is 25.5 Å². The summed E-state index contributed by atoms with van der Waals surface area (Å²) in [7, 11) is 4.01. The van der Waals surface area contributed by atoms with E-state index >= 15 is 0 Å². The molecule has 104 valence electrons. The van der Waals surface area contributed by atoms with Gasteiger partial charge in [0.2, 0.25) is 0 Å². The van der Waals surface area contributed by atoms with Crippen molar-refractivity contribution >= 4 is 0 Å². The molecule has 0 spiro atoms. The van der Waals surface area contributed by atoms with Crippen molar-refractivity contribution in [2.24, 2.45) is 5.73 Å². The van der Waals surface area contributed by atoms with Gasteiger partial charge in [-0.2, -0.15) is 18.2 Å². The Hall–Kier alpha value is -1.35. The van der Waals surface area contributed by atoms with Crippen LogP contribution >= 0.6 is 0 Å². The van der Waals surface area contributed by atoms with Crippen LogP contribution in [0.3, 0.4) is 0 Å². The van der Waals surface area contributed by atoms with E-state index in [1.54, 1.807) is 6.08 Å². The fraction of sp³-hybridized carbons (Fsp3) is 0.267. The Bertz CT molecular complexity index is 410. The molecule has 1 aromatic rings. The standard InChI is InChI=1S/C10H16N2O.C5H5.Fe/c1-12(2)7-6-8-4-3-5-9(8)10(11)13;1-2-4-5-3-1;/h3-5,13H,6-7,11H2,1-2H3;1-5H;/q;-1;+2/p-1. The van der Waals surface area contributed by atoms with Crippen molar-refractivity contribution in [3.63, 3.8) is 0 Å². The Balaban J connectivity index is 0.000000454. The van der Waals surface area contributed by atoms with Crippen LogP contribution < -0.4 is 10.8 Å². The minimum atomic E-state index is -0.334. The molecule has 0 fully saturated rings. The van der Waals surface area contributed by atoms with Crippen LogP contribution in [-0.2, 0) is 17.1 Å². The van der Waals surface area contributed by atoms with Gasteiger partial charge in [0.1, 0.15) is 0 Å². The number of nitrogens with zero attached hydrogens (tertiary/aromatic N) is 1. The normalized spacial score (nSPS) is 15.4. The summed E-state index contributed by atoms with van der Waals surface area (Å²) in [6.45, 7) is 0.935. The molecule has 1 aliphatic carbocycles. The minimum Gasteiger partial charge on any atom is -0.860 e. The van der Waals surface area contributed by atoms with Crippen molar-refractivity contribution in [3.05, 3.63) is 65.6 Å². The van der Waals surface area contributed by atoms with Gasteiger partial charge in [0.15, 0.2) is 0 Å². The SMILES string of the molecule is CN(C)CCC1=CC=CC1=C(N)[O-].[Fe+2].c1cc[cH-]c1. The van der Waals surface area contributed by atoms with Gasteiger partial charge in [-0.05, 0) is 37.5 Å². The fourth-order valence-corrected chi connectivity index (χ4v) is 1.58. The summed E-state index contributed by atoms with van der Waals surface area (Å²) in [5.41, 5.74) is 6.91. The minimum absolute atomic E-state index is 0. The molecule has 2 rings (SSSR count). The largest absolute Gasteiger partial charge is 2.00 e. The smallest absolute Gasteiger partial charge is 0.860 e. The summed E-state index contributed by atoms with van der Waals surface area (Å²) in [4.78, 5) is 2.08. The molecule has 0 radical (unpaired) electrons. The maximum atomic E-state index is 10.9. The third-order valence-electron chi connectivity index (χ3n) is 2.56. The summed E-state index contributed by atoms with van der Waals surface area (Å²) in [6, 6.07) is 10.0. The number of nitrogens with two attached hydrogens (primary N) is 1. The van der Waals surface area contributed by atoms with E-state index in [9.17, 15) is 5.11 Å². The molecule has 4 heteroatoms. The van der Waals surface area contributed by atoms with Crippen molar-refractivity contribution in [1.82, 2.24) is 4.90 Å². The maximum absolute atomic E-state index is 10.9. The van der Waals surface area contributed by atoms with Crippen LogP contribution in [0.2, 0.25) is 0 Å². The van der Waals surface area contributed by atoms with Crippen LogP contribution in [0.25, 0.3) is 0 Å². The third kappa shape index (κ3) is 6.97. The summed E-state index contributed by atoms with van der Waals surface area (Å²) >= 11 is 0. The van der Waals surface area contributed by atoms with Gasteiger partial charge in [0, 0.05) is 6.54 Å². The van der Waals surface area contributed by atoms with Gasteiger partial charge in [-0.25, -0.2) is 12.1 Å². The number of hydrogen-bond donors (Lipinski definition) is 1. The molecule has 0 saturated carbocycles. The van der Waals surface area contributed by atoms with E-state index in [1.165, 1.54) is 0 Å². The van der Waals surface area contributed by atoms with Crippen LogP contribution in [0.15, 0.2) is 65.6 Å². The Morgan fingerprint density at radius 2 is 1.95 bits per heavy atom. The molecule has 0 heterocycles. The summed E-state index contributed by atoms with van der Waals surface area (Å²) in [5, 5.41) is 10.9. The number of rotatable bonds is 3. The molecule has 0 unspecified atom stereocenters. The molecule has 0 aliphatic heterocycles. The Morgan fingerprint density at radius 3 is 2.37 bits per heavy atom. The van der Waals surface area contributed by atoms with Crippen LogP contribution in [0, 0.1) is 0 Å². The zero-order valence-electron chi connectivity index (χ0n) is 11.3. The fourth-order valence-electron chi connectivity index (χ4n) is 1.58. The second-order valence-electron chi connectivity index (χ2n) is 4.34. The van der Waals surface area contributed by atoms with E-state index in [4.69, 9.17) is 5.73 Å². The van der Waals surface area contributed by atoms with Crippen molar-refractivity contribution in [3.8, 4) is 0 Å². The number of hydrogen-bond acceptors (Lipinski definition) is 3. The first-order valence-corrected chi connectivity index (χ1v) is 5.97. The molecule has 0 bridgehead atoms. The van der Waals surface area contributed by atoms with Crippen LogP contribution in [0.4, 0.5) is 0 Å². The van der Waals surface area contributed by atoms with Crippen molar-refractivity contribution < 1.29 is 22.2 Å². The molecular formula is C15H20FeN2O. The van der Waals surface area contributed by atoms with Crippen molar-refractivity contribution in [2.75, 3.05) is 20.6 Å². The summed E-state index contributed by atoms with van der Waals surface area (Å²) in [6.07, 6.45) is 6.46. The monoisotopic (exact) mass is 300 g/mol. The Labute approximate surface area is 125 Å². The molecule has 19 heavy (non-hydrogen) atoms. The van der Waals surface area contributed by atoms with E-state index in [1.807, 2.05) is 56.6 Å². The van der Waals surface area contributed by atoms with E-state index in [2.05, 4.69) is 4.90 Å². The van der Waals surface area contributed by atoms with E-state index in [-0.39, 0.29) is 23.0 Å². The molecule has 1 aromatic carbocycles. The molecule has 0 atom stereocenters. The van der Waals surface area contributed by atoms with E-state index in [0.717, 1.165) is 18.5 Å². The third-order valence-corrected chi connectivity index (χ3v) is 2.56. The zero-order chi connectivity index (χ0) is 13.4. The molecule has 0 aromatic heterocycles. The Morgan fingerprint density at radius 1 is 1.32 bits per heavy atom. The van der Waals surface area contributed by atoms with Crippen molar-refractivity contribution in [1.29, 1.82) is 0 Å². The Kier molecular flexibility index (Phi) is 8.88. The second kappa shape index (κ2) is 9.56. The molecule has 1 aliphatic rings. The maximum Gasteiger partial charge on any atom is 2.00 e. The average Bonchev–Trinajstić information content (AvgIpc) is 3.00. The van der Waals surface area contributed by atoms with Gasteiger partial charge < -0.3 is 15.7 Å².